The van der Waals surface area contributed by atoms with Gasteiger partial charge in [0.05, 0.1) is 0 Å². The summed E-state index contributed by atoms with van der Waals surface area (Å²) < 4.78 is 19.1. The molecule has 3 atom stereocenters. The van der Waals surface area contributed by atoms with Crippen molar-refractivity contribution in [1.29, 1.82) is 0 Å². The first-order valence-electron chi connectivity index (χ1n) is 5.02. The third kappa shape index (κ3) is 2.64. The monoisotopic (exact) mass is 189 g/mol. The van der Waals surface area contributed by atoms with E-state index in [9.17, 15) is 4.39 Å². The lowest BCUT2D eigenvalue weighted by Crippen LogP contribution is -2.31. The van der Waals surface area contributed by atoms with Crippen molar-refractivity contribution in [1.82, 2.24) is 0 Å². The zero-order valence-electron chi connectivity index (χ0n) is 8.55. The third-order valence-corrected chi connectivity index (χ3v) is 3.17. The summed E-state index contributed by atoms with van der Waals surface area (Å²) in [7, 11) is 1.65. The smallest absolute Gasteiger partial charge is 0.115 e. The van der Waals surface area contributed by atoms with Crippen molar-refractivity contribution in [3.8, 4) is 0 Å². The molecule has 3 unspecified atom stereocenters. The summed E-state index contributed by atoms with van der Waals surface area (Å²) in [5.41, 5.74) is 4.68. The van der Waals surface area contributed by atoms with E-state index in [1.165, 1.54) is 0 Å². The summed E-state index contributed by atoms with van der Waals surface area (Å²) in [5.74, 6) is 0.0704. The lowest BCUT2D eigenvalue weighted by atomic mass is 9.87. The first-order chi connectivity index (χ1) is 6.08. The Bertz CT molecular complexity index is 165. The molecule has 0 bridgehead atoms. The summed E-state index contributed by atoms with van der Waals surface area (Å²) in [6.45, 7) is 2.60. The van der Waals surface area contributed by atoms with E-state index in [1.807, 2.05) is 6.92 Å². The normalized spacial score (nSPS) is 36.5. The minimum Gasteiger partial charge on any atom is -0.385 e. The molecule has 13 heavy (non-hydrogen) atoms. The molecule has 1 rings (SSSR count). The molecule has 0 aliphatic heterocycles. The van der Waals surface area contributed by atoms with Crippen molar-refractivity contribution in [3.05, 3.63) is 0 Å². The second kappa shape index (κ2) is 4.38. The molecule has 1 fully saturated rings. The number of halogens is 1. The molecule has 0 aromatic carbocycles. The molecular weight excluding hydrogens is 169 g/mol. The van der Waals surface area contributed by atoms with Crippen LogP contribution in [0.15, 0.2) is 0 Å². The molecule has 1 aliphatic rings. The standard InChI is InChI=1S/C10H20FNO/c1-8(4-6-13-2)10(11)5-3-9(12)7-10/h8-9H,3-7,12H2,1-2H3. The van der Waals surface area contributed by atoms with Crippen LogP contribution in [-0.2, 0) is 4.74 Å². The highest BCUT2D eigenvalue weighted by atomic mass is 19.1. The van der Waals surface area contributed by atoms with E-state index in [0.29, 0.717) is 19.4 Å². The summed E-state index contributed by atoms with van der Waals surface area (Å²) in [6, 6.07) is 0.0648. The molecule has 1 aliphatic carbocycles. The molecule has 0 radical (unpaired) electrons. The van der Waals surface area contributed by atoms with E-state index in [4.69, 9.17) is 10.5 Å². The fourth-order valence-electron chi connectivity index (χ4n) is 2.07. The van der Waals surface area contributed by atoms with Crippen LogP contribution in [0.25, 0.3) is 0 Å². The van der Waals surface area contributed by atoms with Gasteiger partial charge in [-0.25, -0.2) is 4.39 Å². The average molecular weight is 189 g/mol. The van der Waals surface area contributed by atoms with E-state index in [-0.39, 0.29) is 12.0 Å². The zero-order chi connectivity index (χ0) is 9.90. The van der Waals surface area contributed by atoms with Crippen LogP contribution in [0.3, 0.4) is 0 Å². The van der Waals surface area contributed by atoms with Crippen molar-refractivity contribution in [2.24, 2.45) is 11.7 Å². The first kappa shape index (κ1) is 10.9. The van der Waals surface area contributed by atoms with Gasteiger partial charge in [0.25, 0.3) is 0 Å². The van der Waals surface area contributed by atoms with Gasteiger partial charge < -0.3 is 10.5 Å². The van der Waals surface area contributed by atoms with Crippen molar-refractivity contribution in [2.45, 2.75) is 44.3 Å². The quantitative estimate of drug-likeness (QED) is 0.733. The number of nitrogens with two attached hydrogens (primary N) is 1. The van der Waals surface area contributed by atoms with E-state index >= 15 is 0 Å². The van der Waals surface area contributed by atoms with Gasteiger partial charge >= 0.3 is 0 Å². The molecule has 0 saturated heterocycles. The van der Waals surface area contributed by atoms with Crippen LogP contribution in [0, 0.1) is 5.92 Å². The zero-order valence-corrected chi connectivity index (χ0v) is 8.55. The molecule has 2 N–H and O–H groups in total. The van der Waals surface area contributed by atoms with Crippen LogP contribution in [0.1, 0.15) is 32.6 Å². The molecule has 78 valence electrons. The number of rotatable bonds is 4. The lowest BCUT2D eigenvalue weighted by molar-refractivity contribution is 0.0692. The van der Waals surface area contributed by atoms with Gasteiger partial charge in [0.2, 0.25) is 0 Å². The average Bonchev–Trinajstić information content (AvgIpc) is 2.43. The van der Waals surface area contributed by atoms with E-state index < -0.39 is 5.67 Å². The Morgan fingerprint density at radius 1 is 1.69 bits per heavy atom. The van der Waals surface area contributed by atoms with Gasteiger partial charge in [-0.15, -0.1) is 0 Å². The maximum atomic E-state index is 14.1. The summed E-state index contributed by atoms with van der Waals surface area (Å²) >= 11 is 0. The molecule has 3 heteroatoms. The molecular formula is C10H20FNO. The van der Waals surface area contributed by atoms with Gasteiger partial charge in [0, 0.05) is 19.8 Å². The maximum Gasteiger partial charge on any atom is 0.115 e. The number of ether oxygens (including phenoxy) is 1. The molecule has 0 amide bonds. The van der Waals surface area contributed by atoms with Crippen molar-refractivity contribution < 1.29 is 9.13 Å². The summed E-state index contributed by atoms with van der Waals surface area (Å²) in [4.78, 5) is 0. The highest BCUT2D eigenvalue weighted by molar-refractivity contribution is 4.94. The predicted octanol–water partition coefficient (Wildman–Crippen LogP) is 1.88. The lowest BCUT2D eigenvalue weighted by Gasteiger charge is -2.26. The molecule has 2 nitrogen and oxygen atoms in total. The largest absolute Gasteiger partial charge is 0.385 e. The van der Waals surface area contributed by atoms with Gasteiger partial charge in [-0.2, -0.15) is 0 Å². The Kier molecular flexibility index (Phi) is 3.68. The summed E-state index contributed by atoms with van der Waals surface area (Å²) in [6.07, 6.45) is 2.77. The molecule has 0 spiro atoms. The number of methoxy groups -OCH3 is 1. The van der Waals surface area contributed by atoms with E-state index in [1.54, 1.807) is 7.11 Å². The molecule has 0 heterocycles. The molecule has 1 saturated carbocycles. The third-order valence-electron chi connectivity index (χ3n) is 3.17. The predicted molar refractivity (Wildman–Crippen MR) is 51.3 cm³/mol. The van der Waals surface area contributed by atoms with Crippen LogP contribution in [0.2, 0.25) is 0 Å². The van der Waals surface area contributed by atoms with E-state index in [0.717, 1.165) is 12.8 Å². The van der Waals surface area contributed by atoms with Crippen molar-refractivity contribution >= 4 is 0 Å². The molecule has 0 aromatic heterocycles. The first-order valence-corrected chi connectivity index (χ1v) is 5.02. The van der Waals surface area contributed by atoms with Crippen LogP contribution in [-0.4, -0.2) is 25.4 Å². The topological polar surface area (TPSA) is 35.2 Å². The van der Waals surface area contributed by atoms with Gasteiger partial charge in [-0.3, -0.25) is 0 Å². The van der Waals surface area contributed by atoms with Crippen molar-refractivity contribution in [2.75, 3.05) is 13.7 Å². The minimum absolute atomic E-state index is 0.0648. The molecule has 0 aromatic rings. The van der Waals surface area contributed by atoms with Crippen LogP contribution in [0.4, 0.5) is 4.39 Å². The fraction of sp³-hybridized carbons (Fsp3) is 1.00. The number of alkyl halides is 1. The Morgan fingerprint density at radius 3 is 2.85 bits per heavy atom. The van der Waals surface area contributed by atoms with E-state index in [2.05, 4.69) is 0 Å². The SMILES string of the molecule is COCCC(C)C1(F)CCC(N)C1. The van der Waals surface area contributed by atoms with Gasteiger partial charge in [0.15, 0.2) is 0 Å². The Morgan fingerprint density at radius 2 is 2.38 bits per heavy atom. The minimum atomic E-state index is -1.03. The van der Waals surface area contributed by atoms with Crippen LogP contribution < -0.4 is 5.73 Å². The second-order valence-corrected chi connectivity index (χ2v) is 4.22. The Labute approximate surface area is 79.6 Å². The van der Waals surface area contributed by atoms with Crippen LogP contribution in [0.5, 0.6) is 0 Å². The van der Waals surface area contributed by atoms with Gasteiger partial charge in [-0.1, -0.05) is 6.92 Å². The van der Waals surface area contributed by atoms with Gasteiger partial charge in [0.1, 0.15) is 5.67 Å². The van der Waals surface area contributed by atoms with Crippen LogP contribution >= 0.6 is 0 Å². The van der Waals surface area contributed by atoms with Gasteiger partial charge in [-0.05, 0) is 31.6 Å². The fourth-order valence-corrected chi connectivity index (χ4v) is 2.07. The Hall–Kier alpha value is -0.150. The highest BCUT2D eigenvalue weighted by Gasteiger charge is 2.42. The maximum absolute atomic E-state index is 14.1. The number of hydrogen-bond donors (Lipinski definition) is 1. The van der Waals surface area contributed by atoms with Crippen molar-refractivity contribution in [3.63, 3.8) is 0 Å². The Balaban J connectivity index is 2.40. The second-order valence-electron chi connectivity index (χ2n) is 4.22. The number of hydrogen-bond acceptors (Lipinski definition) is 2. The highest BCUT2D eigenvalue weighted by Crippen LogP contribution is 2.40. The summed E-state index contributed by atoms with van der Waals surface area (Å²) in [5, 5.41) is 0.